The zero-order chi connectivity index (χ0) is 14.8. The highest BCUT2D eigenvalue weighted by Crippen LogP contribution is 2.32. The molecular weight excluding hydrogens is 266 g/mol. The molecule has 0 spiro atoms. The van der Waals surface area contributed by atoms with Crippen LogP contribution in [0.3, 0.4) is 0 Å². The number of ketones is 1. The Morgan fingerprint density at radius 2 is 1.76 bits per heavy atom. The Morgan fingerprint density at radius 1 is 1.05 bits per heavy atom. The lowest BCUT2D eigenvalue weighted by Gasteiger charge is -2.09. The molecule has 108 valence electrons. The summed E-state index contributed by atoms with van der Waals surface area (Å²) in [5.41, 5.74) is 7.43. The van der Waals surface area contributed by atoms with E-state index in [9.17, 15) is 4.79 Å². The summed E-state index contributed by atoms with van der Waals surface area (Å²) in [6.45, 7) is 3.27. The van der Waals surface area contributed by atoms with E-state index >= 15 is 0 Å². The van der Waals surface area contributed by atoms with Crippen molar-refractivity contribution in [3.8, 4) is 11.5 Å². The third kappa shape index (κ3) is 2.84. The van der Waals surface area contributed by atoms with Crippen LogP contribution < -0.4 is 15.2 Å². The third-order valence-corrected chi connectivity index (χ3v) is 3.40. The fourth-order valence-electron chi connectivity index (χ4n) is 2.24. The summed E-state index contributed by atoms with van der Waals surface area (Å²) in [7, 11) is 0. The molecule has 0 aromatic heterocycles. The van der Waals surface area contributed by atoms with Crippen molar-refractivity contribution in [3.63, 3.8) is 0 Å². The second kappa shape index (κ2) is 5.48. The average Bonchev–Trinajstić information content (AvgIpc) is 2.68. The lowest BCUT2D eigenvalue weighted by molar-refractivity contribution is 0.103. The molecule has 2 N–H and O–H groups in total. The van der Waals surface area contributed by atoms with E-state index in [4.69, 9.17) is 15.2 Å². The minimum absolute atomic E-state index is 0.0778. The molecule has 1 heterocycles. The summed E-state index contributed by atoms with van der Waals surface area (Å²) in [5, 5.41) is 0. The van der Waals surface area contributed by atoms with E-state index in [1.54, 1.807) is 42.5 Å². The maximum atomic E-state index is 12.5. The maximum Gasteiger partial charge on any atom is 0.193 e. The van der Waals surface area contributed by atoms with Gasteiger partial charge in [-0.1, -0.05) is 19.1 Å². The Morgan fingerprint density at radius 3 is 2.52 bits per heavy atom. The quantitative estimate of drug-likeness (QED) is 0.680. The molecule has 0 fully saturated rings. The number of hydrogen-bond acceptors (Lipinski definition) is 4. The van der Waals surface area contributed by atoms with E-state index in [1.807, 2.05) is 0 Å². The monoisotopic (exact) mass is 283 g/mol. The normalized spacial score (nSPS) is 17.1. The van der Waals surface area contributed by atoms with Crippen LogP contribution in [0.4, 0.5) is 5.69 Å². The van der Waals surface area contributed by atoms with Crippen molar-refractivity contribution in [2.45, 2.75) is 6.92 Å². The maximum absolute atomic E-state index is 12.5. The minimum Gasteiger partial charge on any atom is -0.489 e. The highest BCUT2D eigenvalue weighted by Gasteiger charge is 2.18. The fraction of sp³-hybridized carbons (Fsp3) is 0.235. The van der Waals surface area contributed by atoms with Crippen LogP contribution in [-0.2, 0) is 0 Å². The van der Waals surface area contributed by atoms with E-state index in [-0.39, 0.29) is 5.78 Å². The van der Waals surface area contributed by atoms with E-state index in [2.05, 4.69) is 6.92 Å². The van der Waals surface area contributed by atoms with Gasteiger partial charge in [-0.05, 0) is 30.3 Å². The van der Waals surface area contributed by atoms with Gasteiger partial charge in [-0.3, -0.25) is 4.79 Å². The van der Waals surface area contributed by atoms with Crippen molar-refractivity contribution < 1.29 is 14.3 Å². The number of hydrogen-bond donors (Lipinski definition) is 1. The first-order chi connectivity index (χ1) is 10.1. The first kappa shape index (κ1) is 13.5. The standard InChI is InChI=1S/C17H17NO3/c1-11-9-20-15-6-5-13(8-16(15)21-10-11)17(19)12-3-2-4-14(18)7-12/h2-8,11H,9-10,18H2,1H3. The van der Waals surface area contributed by atoms with Gasteiger partial charge in [-0.15, -0.1) is 0 Å². The Hall–Kier alpha value is -2.49. The van der Waals surface area contributed by atoms with E-state index in [1.165, 1.54) is 0 Å². The Labute approximate surface area is 123 Å². The molecule has 4 heteroatoms. The number of nitrogen functional groups attached to an aromatic ring is 1. The summed E-state index contributed by atoms with van der Waals surface area (Å²) in [6.07, 6.45) is 0. The molecule has 1 unspecified atom stereocenters. The summed E-state index contributed by atoms with van der Waals surface area (Å²) >= 11 is 0. The van der Waals surface area contributed by atoms with E-state index < -0.39 is 0 Å². The highest BCUT2D eigenvalue weighted by molar-refractivity contribution is 6.09. The molecule has 0 saturated carbocycles. The van der Waals surface area contributed by atoms with Crippen LogP contribution >= 0.6 is 0 Å². The van der Waals surface area contributed by atoms with Crippen molar-refractivity contribution in [2.75, 3.05) is 18.9 Å². The second-order valence-corrected chi connectivity index (χ2v) is 5.34. The Kier molecular flexibility index (Phi) is 3.52. The van der Waals surface area contributed by atoms with Gasteiger partial charge >= 0.3 is 0 Å². The van der Waals surface area contributed by atoms with Crippen LogP contribution in [-0.4, -0.2) is 19.0 Å². The van der Waals surface area contributed by atoms with Gasteiger partial charge in [-0.2, -0.15) is 0 Å². The molecule has 2 aromatic carbocycles. The molecule has 0 radical (unpaired) electrons. The van der Waals surface area contributed by atoms with Gasteiger partial charge in [0.05, 0.1) is 13.2 Å². The van der Waals surface area contributed by atoms with Gasteiger partial charge in [0, 0.05) is 22.7 Å². The second-order valence-electron chi connectivity index (χ2n) is 5.34. The first-order valence-corrected chi connectivity index (χ1v) is 6.93. The Bertz CT molecular complexity index is 681. The molecule has 4 nitrogen and oxygen atoms in total. The molecule has 0 aliphatic carbocycles. The lowest BCUT2D eigenvalue weighted by Crippen LogP contribution is -2.12. The number of carbonyl (C=O) groups is 1. The van der Waals surface area contributed by atoms with Gasteiger partial charge in [-0.25, -0.2) is 0 Å². The van der Waals surface area contributed by atoms with Gasteiger partial charge in [0.15, 0.2) is 17.3 Å². The zero-order valence-corrected chi connectivity index (χ0v) is 11.8. The smallest absolute Gasteiger partial charge is 0.193 e. The van der Waals surface area contributed by atoms with Crippen LogP contribution in [0.5, 0.6) is 11.5 Å². The molecule has 1 aliphatic rings. The number of anilines is 1. The fourth-order valence-corrected chi connectivity index (χ4v) is 2.24. The van der Waals surface area contributed by atoms with Crippen molar-refractivity contribution in [1.29, 1.82) is 0 Å². The van der Waals surface area contributed by atoms with Crippen LogP contribution in [0.2, 0.25) is 0 Å². The average molecular weight is 283 g/mol. The summed E-state index contributed by atoms with van der Waals surface area (Å²) < 4.78 is 11.4. The van der Waals surface area contributed by atoms with Gasteiger partial charge in [0.2, 0.25) is 0 Å². The van der Waals surface area contributed by atoms with Crippen LogP contribution in [0.25, 0.3) is 0 Å². The number of carbonyl (C=O) groups excluding carboxylic acids is 1. The molecule has 0 amide bonds. The summed E-state index contributed by atoms with van der Waals surface area (Å²) in [5.74, 6) is 1.55. The van der Waals surface area contributed by atoms with Crippen LogP contribution in [0, 0.1) is 5.92 Å². The number of ether oxygens (including phenoxy) is 2. The molecule has 0 bridgehead atoms. The molecule has 1 aliphatic heterocycles. The SMILES string of the molecule is CC1COc2ccc(C(=O)c3cccc(N)c3)cc2OC1. The summed E-state index contributed by atoms with van der Waals surface area (Å²) in [6, 6.07) is 12.2. The number of fused-ring (bicyclic) bond motifs is 1. The van der Waals surface area contributed by atoms with Gasteiger partial charge in [0.1, 0.15) is 0 Å². The van der Waals surface area contributed by atoms with Crippen molar-refractivity contribution in [2.24, 2.45) is 5.92 Å². The largest absolute Gasteiger partial charge is 0.489 e. The molecule has 3 rings (SSSR count). The number of benzene rings is 2. The minimum atomic E-state index is -0.0778. The van der Waals surface area contributed by atoms with Crippen molar-refractivity contribution in [3.05, 3.63) is 53.6 Å². The molecular formula is C17H17NO3. The molecule has 0 saturated heterocycles. The van der Waals surface area contributed by atoms with Crippen molar-refractivity contribution in [1.82, 2.24) is 0 Å². The number of nitrogens with two attached hydrogens (primary N) is 1. The lowest BCUT2D eigenvalue weighted by atomic mass is 10.0. The third-order valence-electron chi connectivity index (χ3n) is 3.40. The van der Waals surface area contributed by atoms with Crippen LogP contribution in [0.1, 0.15) is 22.8 Å². The first-order valence-electron chi connectivity index (χ1n) is 6.93. The number of rotatable bonds is 2. The van der Waals surface area contributed by atoms with Crippen molar-refractivity contribution >= 4 is 11.5 Å². The topological polar surface area (TPSA) is 61.5 Å². The molecule has 21 heavy (non-hydrogen) atoms. The van der Waals surface area contributed by atoms with E-state index in [0.29, 0.717) is 47.4 Å². The predicted molar refractivity (Wildman–Crippen MR) is 80.9 cm³/mol. The Balaban J connectivity index is 1.92. The van der Waals surface area contributed by atoms with E-state index in [0.717, 1.165) is 0 Å². The highest BCUT2D eigenvalue weighted by atomic mass is 16.5. The molecule has 2 aromatic rings. The predicted octanol–water partition coefficient (Wildman–Crippen LogP) is 2.91. The van der Waals surface area contributed by atoms with Gasteiger partial charge < -0.3 is 15.2 Å². The molecule has 1 atom stereocenters. The van der Waals surface area contributed by atoms with Crippen LogP contribution in [0.15, 0.2) is 42.5 Å². The zero-order valence-electron chi connectivity index (χ0n) is 11.8. The van der Waals surface area contributed by atoms with Gasteiger partial charge in [0.25, 0.3) is 0 Å². The summed E-state index contributed by atoms with van der Waals surface area (Å²) in [4.78, 5) is 12.5.